The third-order valence-corrected chi connectivity index (χ3v) is 4.17. The molecule has 0 atom stereocenters. The molecule has 0 fully saturated rings. The van der Waals surface area contributed by atoms with Gasteiger partial charge in [-0.3, -0.25) is 9.59 Å². The van der Waals surface area contributed by atoms with Gasteiger partial charge in [-0.05, 0) is 55.0 Å². The third-order valence-electron chi connectivity index (χ3n) is 4.17. The first kappa shape index (κ1) is 19.6. The first-order chi connectivity index (χ1) is 14.0. The predicted molar refractivity (Wildman–Crippen MR) is 114 cm³/mol. The van der Waals surface area contributed by atoms with Crippen molar-refractivity contribution in [3.05, 3.63) is 101 Å². The van der Waals surface area contributed by atoms with E-state index in [0.29, 0.717) is 22.5 Å². The van der Waals surface area contributed by atoms with Gasteiger partial charge in [-0.25, -0.2) is 0 Å². The largest absolute Gasteiger partial charge is 0.322 e. The van der Waals surface area contributed by atoms with Crippen LogP contribution in [0.5, 0.6) is 0 Å². The van der Waals surface area contributed by atoms with Gasteiger partial charge in [0.2, 0.25) is 0 Å². The van der Waals surface area contributed by atoms with E-state index in [-0.39, 0.29) is 11.5 Å². The third kappa shape index (κ3) is 5.41. The number of amides is 2. The molecule has 0 aromatic heterocycles. The highest BCUT2D eigenvalue weighted by molar-refractivity contribution is 6.10. The van der Waals surface area contributed by atoms with Crippen molar-refractivity contribution in [2.75, 3.05) is 10.6 Å². The van der Waals surface area contributed by atoms with Crippen LogP contribution in [0.1, 0.15) is 21.5 Å². The highest BCUT2D eigenvalue weighted by Gasteiger charge is 2.10. The summed E-state index contributed by atoms with van der Waals surface area (Å²) in [5, 5.41) is 14.9. The lowest BCUT2D eigenvalue weighted by Gasteiger charge is -2.07. The van der Waals surface area contributed by atoms with Crippen molar-refractivity contribution in [2.45, 2.75) is 6.92 Å². The van der Waals surface area contributed by atoms with Gasteiger partial charge in [0, 0.05) is 16.9 Å². The summed E-state index contributed by atoms with van der Waals surface area (Å²) in [6.07, 6.45) is 1.49. The Balaban J connectivity index is 1.75. The fourth-order valence-corrected chi connectivity index (χ4v) is 2.65. The minimum atomic E-state index is -0.493. The number of nitriles is 1. The van der Waals surface area contributed by atoms with Crippen molar-refractivity contribution in [3.8, 4) is 6.07 Å². The van der Waals surface area contributed by atoms with Crippen LogP contribution in [0.25, 0.3) is 6.08 Å². The van der Waals surface area contributed by atoms with Gasteiger partial charge >= 0.3 is 0 Å². The van der Waals surface area contributed by atoms with E-state index in [1.54, 1.807) is 60.7 Å². The van der Waals surface area contributed by atoms with Crippen molar-refractivity contribution in [2.24, 2.45) is 0 Å². The monoisotopic (exact) mass is 381 g/mol. The Morgan fingerprint density at radius 1 is 0.862 bits per heavy atom. The molecule has 0 saturated heterocycles. The summed E-state index contributed by atoms with van der Waals surface area (Å²) in [6, 6.07) is 25.1. The van der Waals surface area contributed by atoms with Gasteiger partial charge in [-0.2, -0.15) is 5.26 Å². The Morgan fingerprint density at radius 3 is 2.24 bits per heavy atom. The molecule has 0 aliphatic heterocycles. The first-order valence-corrected chi connectivity index (χ1v) is 9.01. The smallest absolute Gasteiger partial charge is 0.266 e. The molecule has 0 heterocycles. The van der Waals surface area contributed by atoms with Crippen LogP contribution in [0, 0.1) is 18.3 Å². The van der Waals surface area contributed by atoms with E-state index in [2.05, 4.69) is 10.6 Å². The number of nitrogens with one attached hydrogen (secondary N) is 2. The summed E-state index contributed by atoms with van der Waals surface area (Å²) in [4.78, 5) is 24.7. The van der Waals surface area contributed by atoms with Crippen molar-refractivity contribution >= 4 is 29.3 Å². The number of aryl methyl sites for hydroxylation is 1. The zero-order valence-electron chi connectivity index (χ0n) is 15.8. The Hall–Kier alpha value is -4.17. The van der Waals surface area contributed by atoms with Crippen LogP contribution in [0.2, 0.25) is 0 Å². The molecule has 0 bridgehead atoms. The Kier molecular flexibility index (Phi) is 6.18. The van der Waals surface area contributed by atoms with Gasteiger partial charge in [-0.1, -0.05) is 48.0 Å². The molecule has 29 heavy (non-hydrogen) atoms. The Bertz CT molecular complexity index is 1090. The van der Waals surface area contributed by atoms with Crippen molar-refractivity contribution in [1.82, 2.24) is 0 Å². The number of nitrogens with zero attached hydrogens (tertiary/aromatic N) is 1. The number of hydrogen-bond donors (Lipinski definition) is 2. The number of carbonyl (C=O) groups excluding carboxylic acids is 2. The molecular weight excluding hydrogens is 362 g/mol. The summed E-state index contributed by atoms with van der Waals surface area (Å²) in [7, 11) is 0. The number of carbonyl (C=O) groups is 2. The number of benzene rings is 3. The lowest BCUT2D eigenvalue weighted by molar-refractivity contribution is -0.112. The van der Waals surface area contributed by atoms with Gasteiger partial charge in [0.15, 0.2) is 0 Å². The minimum Gasteiger partial charge on any atom is -0.322 e. The van der Waals surface area contributed by atoms with E-state index < -0.39 is 5.91 Å². The first-order valence-electron chi connectivity index (χ1n) is 9.01. The zero-order chi connectivity index (χ0) is 20.6. The lowest BCUT2D eigenvalue weighted by Crippen LogP contribution is -2.13. The second-order valence-electron chi connectivity index (χ2n) is 6.44. The molecule has 0 aliphatic carbocycles. The van der Waals surface area contributed by atoms with E-state index >= 15 is 0 Å². The molecule has 0 unspecified atom stereocenters. The quantitative estimate of drug-likeness (QED) is 0.492. The predicted octanol–water partition coefficient (Wildman–Crippen LogP) is 4.79. The highest BCUT2D eigenvalue weighted by atomic mass is 16.2. The Labute approximate surface area is 169 Å². The topological polar surface area (TPSA) is 82.0 Å². The van der Waals surface area contributed by atoms with Crippen LogP contribution in [0.3, 0.4) is 0 Å². The van der Waals surface area contributed by atoms with E-state index in [0.717, 1.165) is 5.56 Å². The SMILES string of the molecule is Cc1ccc(C(=O)Nc2cccc(/C=C(\C#N)C(=O)Nc3ccccc3)c2)cc1. The van der Waals surface area contributed by atoms with E-state index in [4.69, 9.17) is 0 Å². The molecular formula is C24H19N3O2. The summed E-state index contributed by atoms with van der Waals surface area (Å²) < 4.78 is 0. The second kappa shape index (κ2) is 9.16. The molecule has 3 rings (SSSR count). The maximum Gasteiger partial charge on any atom is 0.266 e. The van der Waals surface area contributed by atoms with E-state index in [9.17, 15) is 14.9 Å². The van der Waals surface area contributed by atoms with Crippen LogP contribution < -0.4 is 10.6 Å². The molecule has 3 aromatic rings. The van der Waals surface area contributed by atoms with Gasteiger partial charge in [0.25, 0.3) is 11.8 Å². The van der Waals surface area contributed by atoms with Crippen molar-refractivity contribution in [1.29, 1.82) is 5.26 Å². The maximum atomic E-state index is 12.4. The number of para-hydroxylation sites is 1. The Morgan fingerprint density at radius 2 is 1.55 bits per heavy atom. The van der Waals surface area contributed by atoms with Gasteiger partial charge in [-0.15, -0.1) is 0 Å². The standard InChI is InChI=1S/C24H19N3O2/c1-17-10-12-19(13-11-17)23(28)27-22-9-5-6-18(15-22)14-20(16-25)24(29)26-21-7-3-2-4-8-21/h2-15H,1H3,(H,26,29)(H,27,28)/b20-14+. The lowest BCUT2D eigenvalue weighted by atomic mass is 10.1. The van der Waals surface area contributed by atoms with Crippen LogP contribution in [0.15, 0.2) is 84.4 Å². The normalized spacial score (nSPS) is 10.7. The molecule has 0 aliphatic rings. The fourth-order valence-electron chi connectivity index (χ4n) is 2.65. The average Bonchev–Trinajstić information content (AvgIpc) is 2.73. The second-order valence-corrected chi connectivity index (χ2v) is 6.44. The summed E-state index contributed by atoms with van der Waals surface area (Å²) in [5.41, 5.74) is 3.41. The molecule has 2 N–H and O–H groups in total. The molecule has 0 spiro atoms. The molecule has 3 aromatic carbocycles. The summed E-state index contributed by atoms with van der Waals surface area (Å²) in [5.74, 6) is -0.721. The van der Waals surface area contributed by atoms with Crippen LogP contribution in [-0.2, 0) is 4.79 Å². The molecule has 2 amide bonds. The molecule has 142 valence electrons. The minimum absolute atomic E-state index is 0.0316. The van der Waals surface area contributed by atoms with Gasteiger partial charge in [0.05, 0.1) is 0 Å². The van der Waals surface area contributed by atoms with Crippen LogP contribution in [-0.4, -0.2) is 11.8 Å². The molecule has 5 nitrogen and oxygen atoms in total. The summed E-state index contributed by atoms with van der Waals surface area (Å²) >= 11 is 0. The van der Waals surface area contributed by atoms with Gasteiger partial charge < -0.3 is 10.6 Å². The van der Waals surface area contributed by atoms with Crippen molar-refractivity contribution in [3.63, 3.8) is 0 Å². The molecule has 0 radical (unpaired) electrons. The fraction of sp³-hybridized carbons (Fsp3) is 0.0417. The van der Waals surface area contributed by atoms with E-state index in [1.807, 2.05) is 31.2 Å². The number of anilines is 2. The van der Waals surface area contributed by atoms with Crippen molar-refractivity contribution < 1.29 is 9.59 Å². The van der Waals surface area contributed by atoms with Gasteiger partial charge in [0.1, 0.15) is 11.6 Å². The highest BCUT2D eigenvalue weighted by Crippen LogP contribution is 2.16. The zero-order valence-corrected chi connectivity index (χ0v) is 15.8. The average molecular weight is 381 g/mol. The van der Waals surface area contributed by atoms with E-state index in [1.165, 1.54) is 6.08 Å². The van der Waals surface area contributed by atoms with Crippen LogP contribution in [0.4, 0.5) is 11.4 Å². The van der Waals surface area contributed by atoms with Crippen LogP contribution >= 0.6 is 0 Å². The molecule has 0 saturated carbocycles. The summed E-state index contributed by atoms with van der Waals surface area (Å²) in [6.45, 7) is 1.96. The maximum absolute atomic E-state index is 12.4. The number of hydrogen-bond acceptors (Lipinski definition) is 3. The molecule has 5 heteroatoms. The number of rotatable bonds is 5.